The lowest BCUT2D eigenvalue weighted by atomic mass is 10.2. The normalized spacial score (nSPS) is 15.8. The van der Waals surface area contributed by atoms with Crippen molar-refractivity contribution in [3.8, 4) is 0 Å². The van der Waals surface area contributed by atoms with Crippen LogP contribution in [0, 0.1) is 6.92 Å². The highest BCUT2D eigenvalue weighted by molar-refractivity contribution is 7.10. The van der Waals surface area contributed by atoms with Crippen molar-refractivity contribution in [2.45, 2.75) is 38.7 Å². The first-order chi connectivity index (χ1) is 10.1. The zero-order valence-electron chi connectivity index (χ0n) is 12.0. The van der Waals surface area contributed by atoms with Gasteiger partial charge in [-0.25, -0.2) is 4.79 Å². The molecule has 0 aliphatic heterocycles. The minimum atomic E-state index is -0.582. The maximum atomic E-state index is 12.3. The molecule has 1 N–H and O–H groups in total. The molecule has 0 spiro atoms. The molecule has 3 rings (SSSR count). The fourth-order valence-electron chi connectivity index (χ4n) is 1.97. The first-order valence-corrected chi connectivity index (χ1v) is 7.56. The Kier molecular flexibility index (Phi) is 3.62. The van der Waals surface area contributed by atoms with Gasteiger partial charge in [0.05, 0.1) is 5.69 Å². The number of hydrogen-bond acceptors (Lipinski definition) is 8. The summed E-state index contributed by atoms with van der Waals surface area (Å²) in [6.45, 7) is 3.49. The van der Waals surface area contributed by atoms with Crippen LogP contribution in [0.1, 0.15) is 59.6 Å². The number of aromatic nitrogens is 3. The van der Waals surface area contributed by atoms with Crippen LogP contribution in [0.25, 0.3) is 0 Å². The molecule has 0 amide bonds. The second-order valence-corrected chi connectivity index (χ2v) is 5.81. The van der Waals surface area contributed by atoms with Crippen molar-refractivity contribution >= 4 is 22.5 Å². The van der Waals surface area contributed by atoms with Crippen molar-refractivity contribution in [3.05, 3.63) is 23.0 Å². The Morgan fingerprint density at radius 1 is 1.52 bits per heavy atom. The molecule has 1 aliphatic carbocycles. The molecule has 2 heterocycles. The number of esters is 1. The maximum Gasteiger partial charge on any atom is 0.343 e. The minimum absolute atomic E-state index is 0.331. The summed E-state index contributed by atoms with van der Waals surface area (Å²) in [5, 5.41) is 7.55. The molecular weight excluding hydrogens is 292 g/mol. The third-order valence-electron chi connectivity index (χ3n) is 3.33. The summed E-state index contributed by atoms with van der Waals surface area (Å²) in [6.07, 6.45) is 1.61. The van der Waals surface area contributed by atoms with E-state index in [9.17, 15) is 4.79 Å². The first kappa shape index (κ1) is 14.0. The third-order valence-corrected chi connectivity index (χ3v) is 4.28. The predicted octanol–water partition coefficient (Wildman–Crippen LogP) is 2.67. The number of nitrogens with zero attached hydrogens (tertiary/aromatic N) is 3. The summed E-state index contributed by atoms with van der Waals surface area (Å²) in [4.78, 5) is 16.5. The van der Waals surface area contributed by atoms with Crippen LogP contribution in [0.3, 0.4) is 0 Å². The molecule has 2 aromatic heterocycles. The molecule has 7 nitrogen and oxygen atoms in total. The Labute approximate surface area is 125 Å². The van der Waals surface area contributed by atoms with Gasteiger partial charge in [0.1, 0.15) is 10.6 Å². The van der Waals surface area contributed by atoms with E-state index in [4.69, 9.17) is 9.26 Å². The van der Waals surface area contributed by atoms with Gasteiger partial charge in [-0.1, -0.05) is 5.16 Å². The largest absolute Gasteiger partial charge is 0.449 e. The fourth-order valence-corrected chi connectivity index (χ4v) is 2.70. The van der Waals surface area contributed by atoms with E-state index < -0.39 is 12.1 Å². The predicted molar refractivity (Wildman–Crippen MR) is 76.5 cm³/mol. The number of hydrogen-bond donors (Lipinski definition) is 1. The van der Waals surface area contributed by atoms with E-state index in [0.717, 1.165) is 12.8 Å². The van der Waals surface area contributed by atoms with E-state index in [1.54, 1.807) is 20.9 Å². The van der Waals surface area contributed by atoms with Gasteiger partial charge in [0.25, 0.3) is 5.89 Å². The van der Waals surface area contributed by atoms with Gasteiger partial charge in [0.2, 0.25) is 0 Å². The Bertz CT molecular complexity index is 662. The van der Waals surface area contributed by atoms with Crippen LogP contribution in [-0.2, 0) is 4.74 Å². The molecule has 112 valence electrons. The summed E-state index contributed by atoms with van der Waals surface area (Å²) in [6, 6.07) is 0. The van der Waals surface area contributed by atoms with E-state index >= 15 is 0 Å². The summed E-state index contributed by atoms with van der Waals surface area (Å²) >= 11 is 1.23. The molecule has 0 bridgehead atoms. The summed E-state index contributed by atoms with van der Waals surface area (Å²) in [7, 11) is 1.74. The second kappa shape index (κ2) is 5.44. The zero-order valence-corrected chi connectivity index (χ0v) is 12.9. The molecule has 0 aromatic carbocycles. The molecule has 8 heteroatoms. The molecule has 1 saturated carbocycles. The lowest BCUT2D eigenvalue weighted by molar-refractivity contribution is 0.0266. The molecule has 1 atom stereocenters. The van der Waals surface area contributed by atoms with Gasteiger partial charge < -0.3 is 14.6 Å². The van der Waals surface area contributed by atoms with Crippen LogP contribution in [0.4, 0.5) is 5.00 Å². The third kappa shape index (κ3) is 2.76. The highest BCUT2D eigenvalue weighted by Gasteiger charge is 2.30. The van der Waals surface area contributed by atoms with E-state index in [1.165, 1.54) is 11.5 Å². The van der Waals surface area contributed by atoms with Crippen molar-refractivity contribution in [2.75, 3.05) is 12.4 Å². The van der Waals surface area contributed by atoms with Gasteiger partial charge >= 0.3 is 5.97 Å². The number of anilines is 1. The number of carbonyl (C=O) groups is 1. The lowest BCUT2D eigenvalue weighted by Crippen LogP contribution is -2.11. The van der Waals surface area contributed by atoms with E-state index in [-0.39, 0.29) is 0 Å². The SMILES string of the molecule is CNc1snc(C)c1C(=O)OC(C)c1nc(C2CC2)no1. The average molecular weight is 308 g/mol. The number of ether oxygens (including phenoxy) is 1. The van der Waals surface area contributed by atoms with Crippen LogP contribution in [0.5, 0.6) is 0 Å². The van der Waals surface area contributed by atoms with Crippen LogP contribution in [0.15, 0.2) is 4.52 Å². The van der Waals surface area contributed by atoms with Gasteiger partial charge in [0, 0.05) is 13.0 Å². The Morgan fingerprint density at radius 2 is 2.29 bits per heavy atom. The molecule has 1 unspecified atom stereocenters. The van der Waals surface area contributed by atoms with Crippen LogP contribution >= 0.6 is 11.5 Å². The van der Waals surface area contributed by atoms with Crippen molar-refractivity contribution in [2.24, 2.45) is 0 Å². The monoisotopic (exact) mass is 308 g/mol. The average Bonchev–Trinajstić information content (AvgIpc) is 3.06. The topological polar surface area (TPSA) is 90.1 Å². The Balaban J connectivity index is 1.72. The number of aryl methyl sites for hydroxylation is 1. The first-order valence-electron chi connectivity index (χ1n) is 6.78. The fraction of sp³-hybridized carbons (Fsp3) is 0.538. The van der Waals surface area contributed by atoms with Gasteiger partial charge in [-0.3, -0.25) is 0 Å². The second-order valence-electron chi connectivity index (χ2n) is 5.03. The highest BCUT2D eigenvalue weighted by Crippen LogP contribution is 2.38. The van der Waals surface area contributed by atoms with Crippen molar-refractivity contribution < 1.29 is 14.1 Å². The quantitative estimate of drug-likeness (QED) is 0.849. The van der Waals surface area contributed by atoms with Gasteiger partial charge in [-0.2, -0.15) is 9.36 Å². The van der Waals surface area contributed by atoms with Crippen molar-refractivity contribution in [3.63, 3.8) is 0 Å². The minimum Gasteiger partial charge on any atom is -0.449 e. The number of carbonyl (C=O) groups excluding carboxylic acids is 1. The van der Waals surface area contributed by atoms with Crippen molar-refractivity contribution in [1.82, 2.24) is 14.5 Å². The van der Waals surface area contributed by atoms with Crippen LogP contribution in [-0.4, -0.2) is 27.5 Å². The van der Waals surface area contributed by atoms with Crippen LogP contribution < -0.4 is 5.32 Å². The zero-order chi connectivity index (χ0) is 15.0. The Hall–Kier alpha value is -1.96. The van der Waals surface area contributed by atoms with E-state index in [1.807, 2.05) is 0 Å². The van der Waals surface area contributed by atoms with E-state index in [2.05, 4.69) is 19.8 Å². The molecule has 0 saturated heterocycles. The molecule has 1 fully saturated rings. The molecule has 1 aliphatic rings. The molecule has 21 heavy (non-hydrogen) atoms. The van der Waals surface area contributed by atoms with Gasteiger partial charge in [0.15, 0.2) is 11.9 Å². The van der Waals surface area contributed by atoms with E-state index in [0.29, 0.717) is 33.9 Å². The van der Waals surface area contributed by atoms with Gasteiger partial charge in [-0.05, 0) is 38.2 Å². The van der Waals surface area contributed by atoms with Crippen molar-refractivity contribution in [1.29, 1.82) is 0 Å². The molecular formula is C13H16N4O3S. The molecule has 2 aromatic rings. The standard InChI is InChI=1S/C13H16N4O3S/c1-6-9(12(14-3)21-17-6)13(18)19-7(2)11-15-10(16-20-11)8-4-5-8/h7-8,14H,4-5H2,1-3H3. The Morgan fingerprint density at radius 3 is 2.95 bits per heavy atom. The van der Waals surface area contributed by atoms with Gasteiger partial charge in [-0.15, -0.1) is 0 Å². The smallest absolute Gasteiger partial charge is 0.343 e. The van der Waals surface area contributed by atoms with Crippen LogP contribution in [0.2, 0.25) is 0 Å². The highest BCUT2D eigenvalue weighted by atomic mass is 32.1. The number of nitrogens with one attached hydrogen (secondary N) is 1. The maximum absolute atomic E-state index is 12.3. The summed E-state index contributed by atoms with van der Waals surface area (Å²) < 4.78 is 14.7. The number of rotatable bonds is 5. The summed E-state index contributed by atoms with van der Waals surface area (Å²) in [5.74, 6) is 1.00. The lowest BCUT2D eigenvalue weighted by Gasteiger charge is -2.09. The molecule has 0 radical (unpaired) electrons. The summed E-state index contributed by atoms with van der Waals surface area (Å²) in [5.41, 5.74) is 1.10.